The predicted octanol–water partition coefficient (Wildman–Crippen LogP) is 2.61. The smallest absolute Gasteiger partial charge is 0.416 e. The Hall–Kier alpha value is -1.76. The number of hydrogen-bond acceptors (Lipinski definition) is 3. The number of aliphatic hydroxyl groups excluding tert-OH is 1. The number of anilines is 1. The van der Waals surface area contributed by atoms with Crippen molar-refractivity contribution < 1.29 is 28.2 Å². The number of likely N-dealkylation sites (N-methyl/N-ethyl adjacent to an activating group) is 1. The number of benzene rings is 1. The molecule has 2 N–H and O–H groups in total. The second kappa shape index (κ2) is 5.32. The summed E-state index contributed by atoms with van der Waals surface area (Å²) < 4.78 is 37.9. The fourth-order valence-corrected chi connectivity index (χ4v) is 1.61. The van der Waals surface area contributed by atoms with E-state index in [0.717, 1.165) is 12.1 Å². The van der Waals surface area contributed by atoms with Crippen molar-refractivity contribution in [3.63, 3.8) is 0 Å². The van der Waals surface area contributed by atoms with E-state index < -0.39 is 28.8 Å². The fraction of sp³-hybridized carbons (Fsp3) is 0.462. The van der Waals surface area contributed by atoms with Crippen LogP contribution in [-0.2, 0) is 6.18 Å². The van der Waals surface area contributed by atoms with E-state index in [9.17, 15) is 23.1 Å². The maximum Gasteiger partial charge on any atom is 0.416 e. The summed E-state index contributed by atoms with van der Waals surface area (Å²) in [6.07, 6.45) is -4.60. The first kappa shape index (κ1) is 16.3. The Morgan fingerprint density at radius 1 is 1.30 bits per heavy atom. The Bertz CT molecular complexity index is 512. The van der Waals surface area contributed by atoms with E-state index in [4.69, 9.17) is 5.11 Å². The van der Waals surface area contributed by atoms with E-state index in [1.54, 1.807) is 13.8 Å². The molecule has 1 rings (SSSR count). The largest absolute Gasteiger partial charge is 0.478 e. The van der Waals surface area contributed by atoms with Crippen LogP contribution in [0.3, 0.4) is 0 Å². The van der Waals surface area contributed by atoms with Gasteiger partial charge in [-0.1, -0.05) is 0 Å². The first-order valence-electron chi connectivity index (χ1n) is 5.80. The van der Waals surface area contributed by atoms with Gasteiger partial charge < -0.3 is 15.1 Å². The maximum atomic E-state index is 12.6. The molecule has 0 aliphatic rings. The van der Waals surface area contributed by atoms with Gasteiger partial charge in [0.15, 0.2) is 0 Å². The van der Waals surface area contributed by atoms with E-state index in [-0.39, 0.29) is 12.3 Å². The number of alkyl halides is 3. The molecule has 0 atom stereocenters. The van der Waals surface area contributed by atoms with E-state index in [1.807, 2.05) is 0 Å². The third-order valence-corrected chi connectivity index (χ3v) is 3.21. The summed E-state index contributed by atoms with van der Waals surface area (Å²) >= 11 is 0. The molecule has 0 aliphatic carbocycles. The molecule has 112 valence electrons. The number of aromatic carboxylic acids is 1. The number of aliphatic hydroxyl groups is 1. The molecule has 4 nitrogen and oxygen atoms in total. The Morgan fingerprint density at radius 3 is 2.25 bits per heavy atom. The number of hydrogen-bond donors (Lipinski definition) is 2. The molecule has 0 bridgehead atoms. The van der Waals surface area contributed by atoms with Gasteiger partial charge in [-0.15, -0.1) is 0 Å². The predicted molar refractivity (Wildman–Crippen MR) is 68.0 cm³/mol. The van der Waals surface area contributed by atoms with Gasteiger partial charge in [-0.25, -0.2) is 4.79 Å². The summed E-state index contributed by atoms with van der Waals surface area (Å²) in [5.41, 5.74) is -2.16. The lowest BCUT2D eigenvalue weighted by molar-refractivity contribution is -0.137. The van der Waals surface area contributed by atoms with Crippen molar-refractivity contribution >= 4 is 11.7 Å². The minimum absolute atomic E-state index is 0.115. The third kappa shape index (κ3) is 3.22. The molecule has 0 fully saturated rings. The number of carboxylic acid groups (broad SMARTS) is 1. The van der Waals surface area contributed by atoms with Crippen LogP contribution in [0.2, 0.25) is 0 Å². The number of carboxylic acids is 1. The molecule has 0 aromatic heterocycles. The molecule has 1 aromatic carbocycles. The Balaban J connectivity index is 3.39. The molecule has 0 saturated heterocycles. The lowest BCUT2D eigenvalue weighted by atomic mass is 10.0. The molecule has 0 heterocycles. The molecule has 7 heteroatoms. The highest BCUT2D eigenvalue weighted by Gasteiger charge is 2.33. The Kier molecular flexibility index (Phi) is 4.33. The average Bonchev–Trinajstić information content (AvgIpc) is 2.35. The number of nitrogens with zero attached hydrogens (tertiary/aromatic N) is 1. The monoisotopic (exact) mass is 291 g/mol. The minimum Gasteiger partial charge on any atom is -0.478 e. The van der Waals surface area contributed by atoms with Crippen LogP contribution in [0.15, 0.2) is 18.2 Å². The normalized spacial score (nSPS) is 12.3. The first-order chi connectivity index (χ1) is 9.00. The van der Waals surface area contributed by atoms with Gasteiger partial charge in [0, 0.05) is 7.05 Å². The summed E-state index contributed by atoms with van der Waals surface area (Å²) in [4.78, 5) is 12.6. The van der Waals surface area contributed by atoms with Gasteiger partial charge in [0.1, 0.15) is 0 Å². The van der Waals surface area contributed by atoms with Crippen LogP contribution in [0.25, 0.3) is 0 Å². The van der Waals surface area contributed by atoms with Gasteiger partial charge in [-0.3, -0.25) is 0 Å². The van der Waals surface area contributed by atoms with Crippen LogP contribution >= 0.6 is 0 Å². The molecule has 0 unspecified atom stereocenters. The minimum atomic E-state index is -4.60. The first-order valence-corrected chi connectivity index (χ1v) is 5.80. The fourth-order valence-electron chi connectivity index (χ4n) is 1.61. The zero-order valence-corrected chi connectivity index (χ0v) is 11.3. The second-order valence-electron chi connectivity index (χ2n) is 5.06. The third-order valence-electron chi connectivity index (χ3n) is 3.21. The van der Waals surface area contributed by atoms with Crippen molar-refractivity contribution in [3.05, 3.63) is 29.3 Å². The van der Waals surface area contributed by atoms with Gasteiger partial charge >= 0.3 is 12.1 Å². The standard InChI is InChI=1S/C13H16F3NO3/c1-12(2,7-18)17(3)10-5-4-8(13(14,15)16)6-9(10)11(19)20/h4-6,18H,7H2,1-3H3,(H,19,20). The number of halogens is 3. The van der Waals surface area contributed by atoms with Crippen molar-refractivity contribution in [2.75, 3.05) is 18.6 Å². The summed E-state index contributed by atoms with van der Waals surface area (Å²) in [5, 5.41) is 18.4. The maximum absolute atomic E-state index is 12.6. The second-order valence-corrected chi connectivity index (χ2v) is 5.06. The molecular formula is C13H16F3NO3. The number of carbonyl (C=O) groups is 1. The summed E-state index contributed by atoms with van der Waals surface area (Å²) in [7, 11) is 1.52. The summed E-state index contributed by atoms with van der Waals surface area (Å²) in [6.45, 7) is 3.02. The zero-order valence-electron chi connectivity index (χ0n) is 11.3. The molecule has 20 heavy (non-hydrogen) atoms. The van der Waals surface area contributed by atoms with Crippen molar-refractivity contribution in [1.29, 1.82) is 0 Å². The topological polar surface area (TPSA) is 60.8 Å². The van der Waals surface area contributed by atoms with Crippen LogP contribution in [0.1, 0.15) is 29.8 Å². The van der Waals surface area contributed by atoms with Crippen molar-refractivity contribution in [3.8, 4) is 0 Å². The highest BCUT2D eigenvalue weighted by Crippen LogP contribution is 2.34. The SMILES string of the molecule is CN(c1ccc(C(F)(F)F)cc1C(=O)O)C(C)(C)CO. The van der Waals surface area contributed by atoms with E-state index in [1.165, 1.54) is 11.9 Å². The van der Waals surface area contributed by atoms with Gasteiger partial charge in [-0.05, 0) is 32.0 Å². The summed E-state index contributed by atoms with van der Waals surface area (Å²) in [5.74, 6) is -1.45. The molecular weight excluding hydrogens is 275 g/mol. The molecule has 1 aromatic rings. The van der Waals surface area contributed by atoms with Crippen LogP contribution in [0.4, 0.5) is 18.9 Å². The van der Waals surface area contributed by atoms with Crippen LogP contribution in [-0.4, -0.2) is 35.4 Å². The van der Waals surface area contributed by atoms with Crippen molar-refractivity contribution in [2.45, 2.75) is 25.6 Å². The molecule has 0 spiro atoms. The van der Waals surface area contributed by atoms with Gasteiger partial charge in [0.2, 0.25) is 0 Å². The van der Waals surface area contributed by atoms with Gasteiger partial charge in [0.05, 0.1) is 29.0 Å². The lowest BCUT2D eigenvalue weighted by Crippen LogP contribution is -2.45. The van der Waals surface area contributed by atoms with Crippen LogP contribution < -0.4 is 4.90 Å². The summed E-state index contributed by atoms with van der Waals surface area (Å²) in [6, 6.07) is 2.52. The van der Waals surface area contributed by atoms with Crippen molar-refractivity contribution in [2.24, 2.45) is 0 Å². The highest BCUT2D eigenvalue weighted by atomic mass is 19.4. The quantitative estimate of drug-likeness (QED) is 0.895. The Morgan fingerprint density at radius 2 is 1.85 bits per heavy atom. The molecule has 0 saturated carbocycles. The van der Waals surface area contributed by atoms with Crippen LogP contribution in [0.5, 0.6) is 0 Å². The highest BCUT2D eigenvalue weighted by molar-refractivity contribution is 5.95. The lowest BCUT2D eigenvalue weighted by Gasteiger charge is -2.36. The van der Waals surface area contributed by atoms with E-state index in [0.29, 0.717) is 6.07 Å². The zero-order chi connectivity index (χ0) is 15.7. The molecule has 0 amide bonds. The average molecular weight is 291 g/mol. The van der Waals surface area contributed by atoms with E-state index in [2.05, 4.69) is 0 Å². The van der Waals surface area contributed by atoms with Crippen molar-refractivity contribution in [1.82, 2.24) is 0 Å². The number of rotatable bonds is 4. The molecule has 0 aliphatic heterocycles. The molecule has 0 radical (unpaired) electrons. The van der Waals surface area contributed by atoms with Crippen LogP contribution in [0, 0.1) is 0 Å². The van der Waals surface area contributed by atoms with Gasteiger partial charge in [0.25, 0.3) is 0 Å². The van der Waals surface area contributed by atoms with E-state index >= 15 is 0 Å². The Labute approximate surface area is 114 Å². The van der Waals surface area contributed by atoms with Gasteiger partial charge in [-0.2, -0.15) is 13.2 Å².